The van der Waals surface area contributed by atoms with E-state index in [1.807, 2.05) is 12.4 Å². The van der Waals surface area contributed by atoms with Gasteiger partial charge in [-0.05, 0) is 43.4 Å². The standard InChI is InChI=1S/C21H25F2N5O/c22-16-8-15(9-17(23)10-16)20-18(4-5-19(29)27-20)24-11-14-12-25-21(26-13-14)28-6-2-1-3-7-28/h8-10,12-13,18,20,24H,1-7,11H2,(H,27,29)/t18-,20+/m1/s1. The number of carbonyl (C=O) groups excluding carboxylic acids is 1. The molecule has 3 heterocycles. The summed E-state index contributed by atoms with van der Waals surface area (Å²) >= 11 is 0. The van der Waals surface area contributed by atoms with Gasteiger partial charge in [0.15, 0.2) is 0 Å². The van der Waals surface area contributed by atoms with E-state index in [4.69, 9.17) is 0 Å². The van der Waals surface area contributed by atoms with E-state index >= 15 is 0 Å². The number of benzene rings is 1. The van der Waals surface area contributed by atoms with Crippen LogP contribution >= 0.6 is 0 Å². The van der Waals surface area contributed by atoms with Crippen molar-refractivity contribution in [1.82, 2.24) is 20.6 Å². The molecule has 4 rings (SSSR count). The molecule has 1 amide bonds. The predicted molar refractivity (Wildman–Crippen MR) is 105 cm³/mol. The first-order valence-corrected chi connectivity index (χ1v) is 10.1. The number of nitrogens with one attached hydrogen (secondary N) is 2. The molecule has 2 fully saturated rings. The first-order chi connectivity index (χ1) is 14.1. The van der Waals surface area contributed by atoms with Crippen LogP contribution in [0.3, 0.4) is 0 Å². The van der Waals surface area contributed by atoms with Gasteiger partial charge in [0.25, 0.3) is 0 Å². The Hall–Kier alpha value is -2.61. The SMILES string of the molecule is O=C1CC[C@@H](NCc2cnc(N3CCCCC3)nc2)[C@H](c2cc(F)cc(F)c2)N1. The fraction of sp³-hybridized carbons (Fsp3) is 0.476. The van der Waals surface area contributed by atoms with Crippen LogP contribution in [0.1, 0.15) is 49.3 Å². The van der Waals surface area contributed by atoms with Crippen LogP contribution in [0.25, 0.3) is 0 Å². The maximum atomic E-state index is 13.7. The number of anilines is 1. The van der Waals surface area contributed by atoms with E-state index in [2.05, 4.69) is 25.5 Å². The molecule has 0 aliphatic carbocycles. The smallest absolute Gasteiger partial charge is 0.225 e. The number of nitrogens with zero attached hydrogens (tertiary/aromatic N) is 3. The van der Waals surface area contributed by atoms with Crippen molar-refractivity contribution in [2.75, 3.05) is 18.0 Å². The van der Waals surface area contributed by atoms with Crippen LogP contribution in [-0.4, -0.2) is 35.0 Å². The molecule has 1 aromatic heterocycles. The number of piperidine rings is 2. The summed E-state index contributed by atoms with van der Waals surface area (Å²) in [4.78, 5) is 23.0. The largest absolute Gasteiger partial charge is 0.348 e. The number of rotatable bonds is 5. The van der Waals surface area contributed by atoms with Gasteiger partial charge in [-0.1, -0.05) is 0 Å². The fourth-order valence-corrected chi connectivity index (χ4v) is 4.04. The summed E-state index contributed by atoms with van der Waals surface area (Å²) in [5.74, 6) is -0.668. The molecule has 0 saturated carbocycles. The highest BCUT2D eigenvalue weighted by Crippen LogP contribution is 2.26. The first-order valence-electron chi connectivity index (χ1n) is 10.1. The quantitative estimate of drug-likeness (QED) is 0.806. The molecule has 2 aliphatic rings. The highest BCUT2D eigenvalue weighted by molar-refractivity contribution is 5.77. The second-order valence-electron chi connectivity index (χ2n) is 7.71. The number of hydrogen-bond donors (Lipinski definition) is 2. The van der Waals surface area contributed by atoms with Crippen molar-refractivity contribution in [3.63, 3.8) is 0 Å². The van der Waals surface area contributed by atoms with Gasteiger partial charge in [-0.2, -0.15) is 0 Å². The Balaban J connectivity index is 1.42. The third-order valence-electron chi connectivity index (χ3n) is 5.54. The third-order valence-corrected chi connectivity index (χ3v) is 5.54. The van der Waals surface area contributed by atoms with Crippen molar-refractivity contribution in [1.29, 1.82) is 0 Å². The average molecular weight is 401 g/mol. The lowest BCUT2D eigenvalue weighted by atomic mass is 9.91. The van der Waals surface area contributed by atoms with Gasteiger partial charge >= 0.3 is 0 Å². The third kappa shape index (κ3) is 4.87. The summed E-state index contributed by atoms with van der Waals surface area (Å²) < 4.78 is 27.3. The van der Waals surface area contributed by atoms with Crippen LogP contribution < -0.4 is 15.5 Å². The minimum atomic E-state index is -0.653. The molecule has 0 radical (unpaired) electrons. The Morgan fingerprint density at radius 1 is 1.07 bits per heavy atom. The minimum Gasteiger partial charge on any atom is -0.348 e. The molecule has 2 atom stereocenters. The van der Waals surface area contributed by atoms with Crippen molar-refractivity contribution >= 4 is 11.9 Å². The Kier molecular flexibility index (Phi) is 5.99. The lowest BCUT2D eigenvalue weighted by Gasteiger charge is -2.33. The van der Waals surface area contributed by atoms with Gasteiger partial charge < -0.3 is 15.5 Å². The van der Waals surface area contributed by atoms with Crippen LogP contribution in [0.15, 0.2) is 30.6 Å². The van der Waals surface area contributed by atoms with E-state index in [-0.39, 0.29) is 11.9 Å². The van der Waals surface area contributed by atoms with Gasteiger partial charge in [0.2, 0.25) is 11.9 Å². The highest BCUT2D eigenvalue weighted by atomic mass is 19.1. The summed E-state index contributed by atoms with van der Waals surface area (Å²) in [6.45, 7) is 2.49. The van der Waals surface area contributed by atoms with Gasteiger partial charge in [0.1, 0.15) is 11.6 Å². The van der Waals surface area contributed by atoms with Crippen LogP contribution in [0.4, 0.5) is 14.7 Å². The van der Waals surface area contributed by atoms with Gasteiger partial charge in [-0.3, -0.25) is 4.79 Å². The lowest BCUT2D eigenvalue weighted by Crippen LogP contribution is -2.48. The van der Waals surface area contributed by atoms with Crippen molar-refractivity contribution < 1.29 is 13.6 Å². The van der Waals surface area contributed by atoms with Crippen molar-refractivity contribution in [3.05, 3.63) is 53.4 Å². The number of aromatic nitrogens is 2. The van der Waals surface area contributed by atoms with E-state index in [9.17, 15) is 13.6 Å². The van der Waals surface area contributed by atoms with Crippen LogP contribution in [0.5, 0.6) is 0 Å². The molecule has 2 saturated heterocycles. The van der Waals surface area contributed by atoms with E-state index < -0.39 is 17.7 Å². The number of halogens is 2. The second-order valence-corrected chi connectivity index (χ2v) is 7.71. The van der Waals surface area contributed by atoms with Gasteiger partial charge in [0.05, 0.1) is 6.04 Å². The Labute approximate surface area is 168 Å². The van der Waals surface area contributed by atoms with Gasteiger partial charge in [0, 0.05) is 56.1 Å². The van der Waals surface area contributed by atoms with Crippen LogP contribution in [0.2, 0.25) is 0 Å². The molecule has 2 aromatic rings. The van der Waals surface area contributed by atoms with Gasteiger partial charge in [-0.25, -0.2) is 18.7 Å². The zero-order valence-electron chi connectivity index (χ0n) is 16.2. The topological polar surface area (TPSA) is 70.2 Å². The maximum absolute atomic E-state index is 13.7. The summed E-state index contributed by atoms with van der Waals surface area (Å²) in [7, 11) is 0. The average Bonchev–Trinajstić information content (AvgIpc) is 2.73. The molecule has 0 unspecified atom stereocenters. The Morgan fingerprint density at radius 3 is 2.45 bits per heavy atom. The molecular weight excluding hydrogens is 376 g/mol. The van der Waals surface area contributed by atoms with Crippen molar-refractivity contribution in [2.45, 2.75) is 50.7 Å². The van der Waals surface area contributed by atoms with E-state index in [0.29, 0.717) is 24.9 Å². The number of hydrogen-bond acceptors (Lipinski definition) is 5. The van der Waals surface area contributed by atoms with E-state index in [1.165, 1.54) is 31.4 Å². The molecule has 2 aliphatic heterocycles. The summed E-state index contributed by atoms with van der Waals surface area (Å²) in [5.41, 5.74) is 1.34. The normalized spacial score (nSPS) is 22.4. The summed E-state index contributed by atoms with van der Waals surface area (Å²) in [5, 5.41) is 6.24. The zero-order chi connectivity index (χ0) is 20.2. The molecule has 8 heteroatoms. The molecule has 0 bridgehead atoms. The molecule has 2 N–H and O–H groups in total. The van der Waals surface area contributed by atoms with Gasteiger partial charge in [-0.15, -0.1) is 0 Å². The number of carbonyl (C=O) groups is 1. The summed E-state index contributed by atoms with van der Waals surface area (Å²) in [6, 6.07) is 2.73. The molecule has 154 valence electrons. The maximum Gasteiger partial charge on any atom is 0.225 e. The van der Waals surface area contributed by atoms with Crippen LogP contribution in [-0.2, 0) is 11.3 Å². The summed E-state index contributed by atoms with van der Waals surface area (Å²) in [6.07, 6.45) is 8.17. The predicted octanol–water partition coefficient (Wildman–Crippen LogP) is 2.85. The first kappa shape index (κ1) is 19.7. The highest BCUT2D eigenvalue weighted by Gasteiger charge is 2.30. The van der Waals surface area contributed by atoms with Crippen molar-refractivity contribution in [3.8, 4) is 0 Å². The number of amides is 1. The monoisotopic (exact) mass is 401 g/mol. The van der Waals surface area contributed by atoms with E-state index in [0.717, 1.165) is 30.7 Å². The van der Waals surface area contributed by atoms with E-state index in [1.54, 1.807) is 0 Å². The molecule has 1 aromatic carbocycles. The Morgan fingerprint density at radius 2 is 1.76 bits per heavy atom. The molecule has 29 heavy (non-hydrogen) atoms. The Bertz CT molecular complexity index is 834. The molecular formula is C21H25F2N5O. The molecule has 6 nitrogen and oxygen atoms in total. The zero-order valence-corrected chi connectivity index (χ0v) is 16.2. The fourth-order valence-electron chi connectivity index (χ4n) is 4.04. The van der Waals surface area contributed by atoms with Crippen LogP contribution in [0, 0.1) is 11.6 Å². The minimum absolute atomic E-state index is 0.119. The van der Waals surface area contributed by atoms with Crippen molar-refractivity contribution in [2.24, 2.45) is 0 Å². The lowest BCUT2D eigenvalue weighted by molar-refractivity contribution is -0.123. The molecule has 0 spiro atoms. The second kappa shape index (κ2) is 8.82.